The molecule has 1 aliphatic heterocycles. The molecule has 1 saturated heterocycles. The van der Waals surface area contributed by atoms with Crippen molar-refractivity contribution in [2.75, 3.05) is 6.61 Å². The molecule has 2 atom stereocenters. The molecule has 0 aromatic heterocycles. The van der Waals surface area contributed by atoms with Gasteiger partial charge in [0, 0.05) is 5.57 Å². The van der Waals surface area contributed by atoms with Gasteiger partial charge in [-0.2, -0.15) is 26.3 Å². The lowest BCUT2D eigenvalue weighted by Gasteiger charge is -2.24. The second-order valence-corrected chi connectivity index (χ2v) is 7.16. The summed E-state index contributed by atoms with van der Waals surface area (Å²) < 4.78 is 84.0. The Hall–Kier alpha value is -3.34. The largest absolute Gasteiger partial charge is 0.446 e. The van der Waals surface area contributed by atoms with E-state index >= 15 is 0 Å². The molecule has 1 fully saturated rings. The van der Waals surface area contributed by atoms with Gasteiger partial charge in [-0.05, 0) is 36.2 Å². The lowest BCUT2D eigenvalue weighted by molar-refractivity contribution is -0.143. The number of benzene rings is 2. The maximum absolute atomic E-state index is 13.2. The van der Waals surface area contributed by atoms with Crippen molar-refractivity contribution in [3.8, 4) is 0 Å². The zero-order chi connectivity index (χ0) is 24.6. The highest BCUT2D eigenvalue weighted by Gasteiger charge is 2.42. The van der Waals surface area contributed by atoms with Crippen LogP contribution in [0.5, 0.6) is 0 Å². The predicted octanol–water partition coefficient (Wildman–Crippen LogP) is 5.42. The molecular formula is C22H17F6NO4. The third-order valence-corrected chi connectivity index (χ3v) is 5.05. The maximum atomic E-state index is 13.2. The molecule has 33 heavy (non-hydrogen) atoms. The number of imide groups is 1. The van der Waals surface area contributed by atoms with Crippen molar-refractivity contribution in [3.63, 3.8) is 0 Å². The number of nitrogens with zero attached hydrogens (tertiary/aromatic N) is 1. The van der Waals surface area contributed by atoms with Gasteiger partial charge in [0.05, 0.1) is 11.1 Å². The third-order valence-electron chi connectivity index (χ3n) is 5.05. The van der Waals surface area contributed by atoms with E-state index in [2.05, 4.69) is 0 Å². The van der Waals surface area contributed by atoms with Gasteiger partial charge in [-0.15, -0.1) is 0 Å². The van der Waals surface area contributed by atoms with Gasteiger partial charge in [0.25, 0.3) is 5.91 Å². The molecule has 2 aromatic rings. The van der Waals surface area contributed by atoms with E-state index in [9.17, 15) is 41.0 Å². The summed E-state index contributed by atoms with van der Waals surface area (Å²) in [4.78, 5) is 26.0. The van der Waals surface area contributed by atoms with Gasteiger partial charge in [-0.1, -0.05) is 36.4 Å². The zero-order valence-electron chi connectivity index (χ0n) is 16.9. The molecule has 5 nitrogen and oxygen atoms in total. The topological polar surface area (TPSA) is 66.8 Å². The number of carbonyl (C=O) groups excluding carboxylic acids is 2. The van der Waals surface area contributed by atoms with E-state index in [1.54, 1.807) is 30.3 Å². The normalized spacial score (nSPS) is 18.3. The standard InChI is InChI=1S/C22H17F6NO4/c1-2-16(19(31)29-17(11-33-20(29)32)12-6-4-3-5-7-12)18(30)13-8-14(21(23,24)25)10-15(9-13)22(26,27)28/h2-10,17-18,30H,11H2,1H3/t17-,18-/m1/s1. The Morgan fingerprint density at radius 1 is 1.06 bits per heavy atom. The molecule has 3 rings (SSSR count). The van der Waals surface area contributed by atoms with Crippen molar-refractivity contribution in [1.29, 1.82) is 0 Å². The Bertz CT molecular complexity index is 1050. The van der Waals surface area contributed by atoms with Gasteiger partial charge in [0.1, 0.15) is 18.8 Å². The van der Waals surface area contributed by atoms with Crippen molar-refractivity contribution >= 4 is 12.0 Å². The third kappa shape index (κ3) is 5.03. The molecule has 1 heterocycles. The number of aliphatic hydroxyl groups excluding tert-OH is 1. The van der Waals surface area contributed by atoms with Crippen LogP contribution in [0.2, 0.25) is 0 Å². The fourth-order valence-corrected chi connectivity index (χ4v) is 3.42. The number of amides is 2. The van der Waals surface area contributed by atoms with Gasteiger partial charge in [-0.3, -0.25) is 4.79 Å². The second-order valence-electron chi connectivity index (χ2n) is 7.16. The number of hydrogen-bond donors (Lipinski definition) is 1. The molecule has 0 bridgehead atoms. The number of rotatable bonds is 4. The highest BCUT2D eigenvalue weighted by molar-refractivity contribution is 6.04. The van der Waals surface area contributed by atoms with Crippen LogP contribution in [0.15, 0.2) is 60.2 Å². The van der Waals surface area contributed by atoms with Crippen LogP contribution in [0.3, 0.4) is 0 Å². The SMILES string of the molecule is CC=C(C(=O)N1C(=O)OC[C@@H]1c1ccccc1)[C@H](O)c1cc(C(F)(F)F)cc(C(F)(F)F)c1. The first-order valence-corrected chi connectivity index (χ1v) is 9.53. The Morgan fingerprint density at radius 2 is 1.61 bits per heavy atom. The average molecular weight is 473 g/mol. The molecule has 0 aliphatic carbocycles. The minimum Gasteiger partial charge on any atom is -0.446 e. The summed E-state index contributed by atoms with van der Waals surface area (Å²) in [6, 6.07) is 7.89. The second kappa shape index (κ2) is 8.89. The highest BCUT2D eigenvalue weighted by Crippen LogP contribution is 2.39. The minimum absolute atomic E-state index is 0.0867. The number of halogens is 6. The van der Waals surface area contributed by atoms with E-state index in [-0.39, 0.29) is 12.7 Å². The molecule has 1 aliphatic rings. The number of alkyl halides is 6. The molecule has 11 heteroatoms. The Morgan fingerprint density at radius 3 is 2.09 bits per heavy atom. The van der Waals surface area contributed by atoms with Crippen LogP contribution in [-0.2, 0) is 21.9 Å². The van der Waals surface area contributed by atoms with E-state index in [1.165, 1.54) is 6.92 Å². The highest BCUT2D eigenvalue weighted by atomic mass is 19.4. The fraction of sp³-hybridized carbons (Fsp3) is 0.273. The number of aliphatic hydroxyl groups is 1. The molecule has 0 unspecified atom stereocenters. The molecular weight excluding hydrogens is 456 g/mol. The summed E-state index contributed by atoms with van der Waals surface area (Å²) in [7, 11) is 0. The van der Waals surface area contributed by atoms with Gasteiger partial charge in [0.2, 0.25) is 0 Å². The summed E-state index contributed by atoms with van der Waals surface area (Å²) in [5.74, 6) is -1.10. The van der Waals surface area contributed by atoms with Gasteiger partial charge in [-0.25, -0.2) is 9.69 Å². The van der Waals surface area contributed by atoms with Crippen LogP contribution in [0.25, 0.3) is 0 Å². The lowest BCUT2D eigenvalue weighted by atomic mass is 9.95. The molecule has 2 amide bonds. The number of ether oxygens (including phenoxy) is 1. The summed E-state index contributed by atoms with van der Waals surface area (Å²) in [5, 5.41) is 10.6. The van der Waals surface area contributed by atoms with Crippen LogP contribution in [0, 0.1) is 0 Å². The first-order chi connectivity index (χ1) is 15.3. The molecule has 176 valence electrons. The van der Waals surface area contributed by atoms with E-state index < -0.39 is 58.8 Å². The monoisotopic (exact) mass is 473 g/mol. The summed E-state index contributed by atoms with van der Waals surface area (Å²) >= 11 is 0. The predicted molar refractivity (Wildman–Crippen MR) is 103 cm³/mol. The van der Waals surface area contributed by atoms with Crippen LogP contribution in [0.4, 0.5) is 31.1 Å². The Kier molecular flexibility index (Phi) is 6.55. The Balaban J connectivity index is 2.01. The van der Waals surface area contributed by atoms with E-state index in [4.69, 9.17) is 4.74 Å². The van der Waals surface area contributed by atoms with Gasteiger partial charge < -0.3 is 9.84 Å². The summed E-state index contributed by atoms with van der Waals surface area (Å²) in [5.41, 5.74) is -4.15. The first kappa shape index (κ1) is 24.3. The van der Waals surface area contributed by atoms with Gasteiger partial charge in [0.15, 0.2) is 0 Å². The summed E-state index contributed by atoms with van der Waals surface area (Å²) in [6.07, 6.45) is -12.5. The Labute approximate surface area is 183 Å². The molecule has 2 aromatic carbocycles. The molecule has 1 N–H and O–H groups in total. The smallest absolute Gasteiger partial charge is 0.417 e. The first-order valence-electron chi connectivity index (χ1n) is 9.53. The molecule has 0 spiro atoms. The maximum Gasteiger partial charge on any atom is 0.417 e. The van der Waals surface area contributed by atoms with Crippen LogP contribution >= 0.6 is 0 Å². The van der Waals surface area contributed by atoms with Crippen LogP contribution in [0.1, 0.15) is 41.3 Å². The number of allylic oxidation sites excluding steroid dienone is 1. The fourth-order valence-electron chi connectivity index (χ4n) is 3.42. The zero-order valence-corrected chi connectivity index (χ0v) is 16.9. The van der Waals surface area contributed by atoms with E-state index in [0.29, 0.717) is 22.6 Å². The summed E-state index contributed by atoms with van der Waals surface area (Å²) in [6.45, 7) is 1.05. The van der Waals surface area contributed by atoms with Crippen molar-refractivity contribution in [2.45, 2.75) is 31.4 Å². The van der Waals surface area contributed by atoms with E-state index in [0.717, 1.165) is 6.08 Å². The lowest BCUT2D eigenvalue weighted by Crippen LogP contribution is -2.36. The number of hydrogen-bond acceptors (Lipinski definition) is 4. The average Bonchev–Trinajstić information content (AvgIpc) is 3.14. The van der Waals surface area contributed by atoms with Crippen LogP contribution < -0.4 is 0 Å². The number of cyclic esters (lactones) is 1. The minimum atomic E-state index is -5.13. The van der Waals surface area contributed by atoms with Crippen molar-refractivity contribution in [2.24, 2.45) is 0 Å². The molecule has 0 radical (unpaired) electrons. The molecule has 0 saturated carbocycles. The van der Waals surface area contributed by atoms with Crippen molar-refractivity contribution in [3.05, 3.63) is 82.4 Å². The van der Waals surface area contributed by atoms with Crippen molar-refractivity contribution < 1.29 is 45.8 Å². The van der Waals surface area contributed by atoms with E-state index in [1.807, 2.05) is 0 Å². The number of carbonyl (C=O) groups is 2. The van der Waals surface area contributed by atoms with Gasteiger partial charge >= 0.3 is 18.4 Å². The van der Waals surface area contributed by atoms with Crippen LogP contribution in [-0.4, -0.2) is 28.6 Å². The quantitative estimate of drug-likeness (QED) is 0.476. The van der Waals surface area contributed by atoms with Crippen molar-refractivity contribution in [1.82, 2.24) is 4.90 Å².